The van der Waals surface area contributed by atoms with E-state index in [1.807, 2.05) is 73.7 Å². The molecule has 0 bridgehead atoms. The molecule has 174 valence electrons. The van der Waals surface area contributed by atoms with Crippen LogP contribution in [0.3, 0.4) is 0 Å². The molecule has 0 unspecified atom stereocenters. The number of hydrogen-bond acceptors (Lipinski definition) is 3. The van der Waals surface area contributed by atoms with E-state index < -0.39 is 0 Å². The Balaban J connectivity index is 1.77. The van der Waals surface area contributed by atoms with E-state index >= 15 is 0 Å². The maximum atomic E-state index is 13.7. The molecule has 0 fully saturated rings. The fourth-order valence-electron chi connectivity index (χ4n) is 3.99. The summed E-state index contributed by atoms with van der Waals surface area (Å²) in [6.07, 6.45) is 0. The van der Waals surface area contributed by atoms with E-state index in [-0.39, 0.29) is 23.4 Å². The number of hydrogen-bond donors (Lipinski definition) is 1. The Bertz CT molecular complexity index is 1400. The van der Waals surface area contributed by atoms with Crippen LogP contribution in [-0.4, -0.2) is 18.0 Å². The van der Waals surface area contributed by atoms with Gasteiger partial charge in [0.1, 0.15) is 5.75 Å². The van der Waals surface area contributed by atoms with Crippen LogP contribution >= 0.6 is 0 Å². The zero-order valence-electron chi connectivity index (χ0n) is 20.3. The SMILES string of the molecule is COc1cccc(N(Cc2cc3cc(C)ccc3[nH]c2=O)C(=O)c2ccc(C(C)(C)C)cc2)c1. The molecule has 0 aliphatic carbocycles. The third-order valence-electron chi connectivity index (χ3n) is 6.01. The Kier molecular flexibility index (Phi) is 6.29. The van der Waals surface area contributed by atoms with Crippen molar-refractivity contribution in [3.05, 3.63) is 105 Å². The Morgan fingerprint density at radius 1 is 0.971 bits per heavy atom. The molecule has 34 heavy (non-hydrogen) atoms. The summed E-state index contributed by atoms with van der Waals surface area (Å²) in [4.78, 5) is 31.2. The fraction of sp³-hybridized carbons (Fsp3) is 0.241. The van der Waals surface area contributed by atoms with Gasteiger partial charge < -0.3 is 14.6 Å². The van der Waals surface area contributed by atoms with E-state index in [2.05, 4.69) is 25.8 Å². The highest BCUT2D eigenvalue weighted by Crippen LogP contribution is 2.27. The molecule has 4 aromatic rings. The van der Waals surface area contributed by atoms with Crippen molar-refractivity contribution in [1.29, 1.82) is 0 Å². The lowest BCUT2D eigenvalue weighted by Crippen LogP contribution is -2.33. The number of pyridine rings is 1. The van der Waals surface area contributed by atoms with Crippen molar-refractivity contribution in [2.75, 3.05) is 12.0 Å². The van der Waals surface area contributed by atoms with Crippen LogP contribution in [0.25, 0.3) is 10.9 Å². The van der Waals surface area contributed by atoms with Gasteiger partial charge in [0.05, 0.1) is 13.7 Å². The number of aromatic amines is 1. The average molecular weight is 455 g/mol. The second-order valence-corrected chi connectivity index (χ2v) is 9.63. The highest BCUT2D eigenvalue weighted by Gasteiger charge is 2.22. The summed E-state index contributed by atoms with van der Waals surface area (Å²) in [5.74, 6) is 0.457. The number of nitrogens with one attached hydrogen (secondary N) is 1. The van der Waals surface area contributed by atoms with Crippen molar-refractivity contribution in [2.24, 2.45) is 0 Å². The predicted octanol–water partition coefficient (Wildman–Crippen LogP) is 5.99. The van der Waals surface area contributed by atoms with Crippen LogP contribution in [0.1, 0.15) is 47.8 Å². The Hall–Kier alpha value is -3.86. The largest absolute Gasteiger partial charge is 0.497 e. The summed E-state index contributed by atoms with van der Waals surface area (Å²) in [7, 11) is 1.59. The van der Waals surface area contributed by atoms with E-state index in [1.165, 1.54) is 0 Å². The number of fused-ring (bicyclic) bond motifs is 1. The molecule has 0 spiro atoms. The number of nitrogens with zero attached hydrogens (tertiary/aromatic N) is 1. The standard InChI is InChI=1S/C29H30N2O3/c1-19-9-14-26-21(15-19)16-22(27(32)30-26)18-31(24-7-6-8-25(17-24)34-5)28(33)20-10-12-23(13-11-20)29(2,3)4/h6-17H,18H2,1-5H3,(H,30,32). The summed E-state index contributed by atoms with van der Waals surface area (Å²) in [6.45, 7) is 8.56. The number of amides is 1. The van der Waals surface area contributed by atoms with Crippen LogP contribution in [0.2, 0.25) is 0 Å². The van der Waals surface area contributed by atoms with Gasteiger partial charge in [-0.3, -0.25) is 9.59 Å². The second-order valence-electron chi connectivity index (χ2n) is 9.63. The van der Waals surface area contributed by atoms with Crippen molar-refractivity contribution in [3.63, 3.8) is 0 Å². The molecule has 1 N–H and O–H groups in total. The van der Waals surface area contributed by atoms with Crippen LogP contribution < -0.4 is 15.2 Å². The first-order valence-corrected chi connectivity index (χ1v) is 11.3. The number of carbonyl (C=O) groups is 1. The number of ether oxygens (including phenoxy) is 1. The third kappa shape index (κ3) is 4.88. The maximum absolute atomic E-state index is 13.7. The van der Waals surface area contributed by atoms with Crippen molar-refractivity contribution >= 4 is 22.5 Å². The Morgan fingerprint density at radius 3 is 2.38 bits per heavy atom. The highest BCUT2D eigenvalue weighted by molar-refractivity contribution is 6.06. The van der Waals surface area contributed by atoms with E-state index in [0.29, 0.717) is 22.6 Å². The maximum Gasteiger partial charge on any atom is 0.258 e. The lowest BCUT2D eigenvalue weighted by molar-refractivity contribution is 0.0985. The minimum absolute atomic E-state index is 0.00934. The lowest BCUT2D eigenvalue weighted by Gasteiger charge is -2.24. The first-order chi connectivity index (χ1) is 16.2. The topological polar surface area (TPSA) is 62.4 Å². The molecule has 0 saturated heterocycles. The number of rotatable bonds is 5. The normalized spacial score (nSPS) is 11.4. The Morgan fingerprint density at radius 2 is 1.71 bits per heavy atom. The van der Waals surface area contributed by atoms with Crippen LogP contribution in [0.4, 0.5) is 5.69 Å². The summed E-state index contributed by atoms with van der Waals surface area (Å²) >= 11 is 0. The van der Waals surface area contributed by atoms with Crippen LogP contribution in [0, 0.1) is 6.92 Å². The van der Waals surface area contributed by atoms with Gasteiger partial charge in [-0.15, -0.1) is 0 Å². The van der Waals surface area contributed by atoms with Crippen LogP contribution in [-0.2, 0) is 12.0 Å². The summed E-state index contributed by atoms with van der Waals surface area (Å²) in [6, 6.07) is 22.8. The molecule has 3 aromatic carbocycles. The van der Waals surface area contributed by atoms with Gasteiger partial charge in [0.2, 0.25) is 0 Å². The number of H-pyrrole nitrogens is 1. The highest BCUT2D eigenvalue weighted by atomic mass is 16.5. The Labute approximate surface area is 200 Å². The van der Waals surface area contributed by atoms with Gasteiger partial charge in [0.15, 0.2) is 0 Å². The number of aryl methyl sites for hydroxylation is 1. The monoisotopic (exact) mass is 454 g/mol. The zero-order valence-corrected chi connectivity index (χ0v) is 20.3. The summed E-state index contributed by atoms with van der Waals surface area (Å²) in [5, 5.41) is 0.933. The number of aromatic nitrogens is 1. The average Bonchev–Trinajstić information content (AvgIpc) is 2.82. The molecule has 0 radical (unpaired) electrons. The lowest BCUT2D eigenvalue weighted by atomic mass is 9.86. The summed E-state index contributed by atoms with van der Waals surface area (Å²) in [5.41, 5.74) is 4.54. The molecular formula is C29H30N2O3. The fourth-order valence-corrected chi connectivity index (χ4v) is 3.99. The van der Waals surface area contributed by atoms with Gasteiger partial charge in [0.25, 0.3) is 11.5 Å². The molecule has 0 saturated carbocycles. The van der Waals surface area contributed by atoms with Crippen molar-refractivity contribution < 1.29 is 9.53 Å². The first-order valence-electron chi connectivity index (χ1n) is 11.3. The third-order valence-corrected chi connectivity index (χ3v) is 6.01. The molecule has 5 nitrogen and oxygen atoms in total. The first kappa shape index (κ1) is 23.3. The molecule has 1 heterocycles. The van der Waals surface area contributed by atoms with Crippen LogP contribution in [0.5, 0.6) is 5.75 Å². The number of methoxy groups -OCH3 is 1. The zero-order chi connectivity index (χ0) is 24.5. The van der Waals surface area contributed by atoms with Gasteiger partial charge in [0, 0.05) is 28.4 Å². The van der Waals surface area contributed by atoms with Gasteiger partial charge >= 0.3 is 0 Å². The van der Waals surface area contributed by atoms with E-state index in [1.54, 1.807) is 18.1 Å². The smallest absolute Gasteiger partial charge is 0.258 e. The number of carbonyl (C=O) groups excluding carboxylic acids is 1. The minimum atomic E-state index is -0.208. The van der Waals surface area contributed by atoms with Crippen molar-refractivity contribution in [1.82, 2.24) is 4.98 Å². The predicted molar refractivity (Wildman–Crippen MR) is 138 cm³/mol. The molecular weight excluding hydrogens is 424 g/mol. The van der Waals surface area contributed by atoms with E-state index in [4.69, 9.17) is 4.74 Å². The van der Waals surface area contributed by atoms with Crippen LogP contribution in [0.15, 0.2) is 77.6 Å². The molecule has 5 heteroatoms. The number of benzene rings is 3. The van der Waals surface area contributed by atoms with E-state index in [9.17, 15) is 9.59 Å². The van der Waals surface area contributed by atoms with Gasteiger partial charge in [-0.05, 0) is 65.8 Å². The van der Waals surface area contributed by atoms with Gasteiger partial charge in [-0.1, -0.05) is 50.6 Å². The minimum Gasteiger partial charge on any atom is -0.497 e. The molecule has 0 aliphatic rings. The van der Waals surface area contributed by atoms with E-state index in [0.717, 1.165) is 22.0 Å². The summed E-state index contributed by atoms with van der Waals surface area (Å²) < 4.78 is 5.38. The van der Waals surface area contributed by atoms with Crippen molar-refractivity contribution in [2.45, 2.75) is 39.7 Å². The molecule has 0 aliphatic heterocycles. The molecule has 1 amide bonds. The molecule has 1 aromatic heterocycles. The second kappa shape index (κ2) is 9.18. The number of anilines is 1. The molecule has 0 atom stereocenters. The van der Waals surface area contributed by atoms with Crippen molar-refractivity contribution in [3.8, 4) is 5.75 Å². The quantitative estimate of drug-likeness (QED) is 0.403. The van der Waals surface area contributed by atoms with Gasteiger partial charge in [-0.2, -0.15) is 0 Å². The van der Waals surface area contributed by atoms with Gasteiger partial charge in [-0.25, -0.2) is 0 Å². The molecule has 4 rings (SSSR count).